The molecule has 0 radical (unpaired) electrons. The van der Waals surface area contributed by atoms with Gasteiger partial charge in [-0.25, -0.2) is 0 Å². The third-order valence-electron chi connectivity index (χ3n) is 8.55. The third kappa shape index (κ3) is 6.43. The van der Waals surface area contributed by atoms with Crippen LogP contribution in [0.1, 0.15) is 81.3 Å². The first-order chi connectivity index (χ1) is 20.4. The van der Waals surface area contributed by atoms with Crippen molar-refractivity contribution in [1.82, 2.24) is 15.3 Å². The monoisotopic (exact) mass is 588 g/mol. The first kappa shape index (κ1) is 31.3. The molecule has 4 rings (SSSR count). The third-order valence-corrected chi connectivity index (χ3v) is 8.55. The van der Waals surface area contributed by atoms with Crippen LogP contribution in [0.25, 0.3) is 12.2 Å². The number of carbonyl (C=O) groups is 3. The van der Waals surface area contributed by atoms with Gasteiger partial charge in [-0.15, -0.1) is 0 Å². The maximum absolute atomic E-state index is 12.4. The van der Waals surface area contributed by atoms with Crippen molar-refractivity contribution in [1.29, 1.82) is 0 Å². The van der Waals surface area contributed by atoms with E-state index in [0.29, 0.717) is 41.7 Å². The molecule has 0 aliphatic carbocycles. The number of aromatic nitrogens is 2. The fourth-order valence-electron chi connectivity index (χ4n) is 5.96. The van der Waals surface area contributed by atoms with Crippen LogP contribution in [0.3, 0.4) is 0 Å². The Bertz CT molecular complexity index is 1750. The van der Waals surface area contributed by atoms with Crippen molar-refractivity contribution >= 4 is 35.7 Å². The Morgan fingerprint density at radius 1 is 0.884 bits per heavy atom. The van der Waals surface area contributed by atoms with Crippen LogP contribution in [0.5, 0.6) is 5.88 Å². The smallest absolute Gasteiger partial charge is 0.303 e. The number of carbonyl (C=O) groups excluding carboxylic acids is 1. The molecule has 2 aliphatic rings. The molecule has 2 aliphatic heterocycles. The predicted molar refractivity (Wildman–Crippen MR) is 165 cm³/mol. The average molecular weight is 589 g/mol. The van der Waals surface area contributed by atoms with E-state index in [-0.39, 0.29) is 30.5 Å². The quantitative estimate of drug-likeness (QED) is 0.233. The van der Waals surface area contributed by atoms with Crippen molar-refractivity contribution < 1.29 is 29.7 Å². The number of aliphatic carboxylic acids is 2. The van der Waals surface area contributed by atoms with Crippen LogP contribution in [0.4, 0.5) is 0 Å². The minimum Gasteiger partial charge on any atom is -0.494 e. The lowest BCUT2D eigenvalue weighted by atomic mass is 9.90. The average Bonchev–Trinajstić information content (AvgIpc) is 3.59. The van der Waals surface area contributed by atoms with Gasteiger partial charge < -0.3 is 30.6 Å². The molecule has 6 N–H and O–H groups in total. The first-order valence-electron chi connectivity index (χ1n) is 14.6. The molecule has 0 saturated heterocycles. The Morgan fingerprint density at radius 3 is 2.19 bits per heavy atom. The molecule has 1 atom stereocenters. The number of hydrogen-bond acceptors (Lipinski definition) is 5. The summed E-state index contributed by atoms with van der Waals surface area (Å²) in [6, 6.07) is 0. The fourth-order valence-corrected chi connectivity index (χ4v) is 5.96. The van der Waals surface area contributed by atoms with Crippen LogP contribution < -0.4 is 16.0 Å². The molecule has 0 bridgehead atoms. The Hall–Kier alpha value is -4.60. The van der Waals surface area contributed by atoms with Gasteiger partial charge in [-0.3, -0.25) is 19.4 Å². The number of amides is 1. The van der Waals surface area contributed by atoms with Gasteiger partial charge in [0.1, 0.15) is 0 Å². The van der Waals surface area contributed by atoms with Crippen LogP contribution >= 0.6 is 0 Å². The van der Waals surface area contributed by atoms with Gasteiger partial charge in [-0.2, -0.15) is 0 Å². The van der Waals surface area contributed by atoms with Crippen molar-refractivity contribution in [2.24, 2.45) is 10.9 Å². The Balaban J connectivity index is 1.87. The normalized spacial score (nSPS) is 18.8. The number of hydrogen-bond donors (Lipinski definition) is 6. The Kier molecular flexibility index (Phi) is 9.27. The van der Waals surface area contributed by atoms with Gasteiger partial charge in [-0.05, 0) is 99.4 Å². The molecule has 43 heavy (non-hydrogen) atoms. The predicted octanol–water partition coefficient (Wildman–Crippen LogP) is 3.80. The molecular weight excluding hydrogens is 548 g/mol. The molecule has 0 saturated carbocycles. The lowest BCUT2D eigenvalue weighted by Crippen LogP contribution is -2.19. The molecule has 2 aromatic rings. The van der Waals surface area contributed by atoms with Crippen LogP contribution in [-0.4, -0.2) is 48.8 Å². The number of aromatic amines is 2. The molecule has 10 heteroatoms. The summed E-state index contributed by atoms with van der Waals surface area (Å²) in [4.78, 5) is 46.8. The zero-order valence-corrected chi connectivity index (χ0v) is 25.6. The van der Waals surface area contributed by atoms with Crippen molar-refractivity contribution in [3.05, 3.63) is 72.8 Å². The summed E-state index contributed by atoms with van der Waals surface area (Å²) in [7, 11) is 0. The summed E-state index contributed by atoms with van der Waals surface area (Å²) in [5.41, 5.74) is 8.79. The number of rotatable bonds is 11. The molecular formula is C33H40N4O6. The number of aromatic hydroxyl groups is 1. The minimum atomic E-state index is -0.910. The van der Waals surface area contributed by atoms with Crippen LogP contribution in [0.15, 0.2) is 39.2 Å². The SMILES string of the molecule is CCC1=C(C)C(=CC2=C(C)C(CCC(=O)O)C(C=c3[nH]c(=Cc4[nH]c(O)c(C)c4CC)c(C)c3CCC(=O)O)=N2)NC1=O. The maximum atomic E-state index is 12.4. The van der Waals surface area contributed by atoms with E-state index < -0.39 is 11.9 Å². The first-order valence-corrected chi connectivity index (χ1v) is 14.6. The van der Waals surface area contributed by atoms with E-state index in [0.717, 1.165) is 56.4 Å². The summed E-state index contributed by atoms with van der Waals surface area (Å²) < 4.78 is 0. The summed E-state index contributed by atoms with van der Waals surface area (Å²) in [6.45, 7) is 11.6. The van der Waals surface area contributed by atoms with E-state index >= 15 is 0 Å². The Labute approximate surface area is 250 Å². The molecule has 4 heterocycles. The standard InChI is InChI=1S/C33H40N4O6/c1-7-20-19(6)32(42)37-27(20)14-25-18(5)23(10-12-31(40)41)29(35-25)15-28-22(9-11-30(38)39)17(4)24(34-28)13-26-16(3)21(8-2)33(43)36-26/h13-15,22,35,37,42H,7-12H2,1-6H3,(H,36,43)(H,38,39)(H,40,41). The van der Waals surface area contributed by atoms with E-state index in [1.54, 1.807) is 0 Å². The highest BCUT2D eigenvalue weighted by molar-refractivity contribution is 6.15. The minimum absolute atomic E-state index is 0.0432. The van der Waals surface area contributed by atoms with Gasteiger partial charge in [0.2, 0.25) is 0 Å². The van der Waals surface area contributed by atoms with Gasteiger partial charge in [0.05, 0.1) is 11.4 Å². The Morgan fingerprint density at radius 2 is 1.58 bits per heavy atom. The van der Waals surface area contributed by atoms with Gasteiger partial charge in [0.15, 0.2) is 5.88 Å². The zero-order valence-electron chi connectivity index (χ0n) is 25.6. The number of nitrogens with zero attached hydrogens (tertiary/aromatic N) is 1. The van der Waals surface area contributed by atoms with E-state index in [1.807, 2.05) is 59.8 Å². The number of H-pyrrole nitrogens is 2. The molecule has 1 unspecified atom stereocenters. The summed E-state index contributed by atoms with van der Waals surface area (Å²) >= 11 is 0. The van der Waals surface area contributed by atoms with E-state index in [9.17, 15) is 29.7 Å². The molecule has 10 nitrogen and oxygen atoms in total. The van der Waals surface area contributed by atoms with Gasteiger partial charge in [0.25, 0.3) is 5.91 Å². The largest absolute Gasteiger partial charge is 0.494 e. The maximum Gasteiger partial charge on any atom is 0.303 e. The summed E-state index contributed by atoms with van der Waals surface area (Å²) in [5, 5.41) is 33.6. The number of carboxylic acids is 2. The lowest BCUT2D eigenvalue weighted by Gasteiger charge is -2.12. The fraction of sp³-hybridized carbons (Fsp3) is 0.394. The highest BCUT2D eigenvalue weighted by Gasteiger charge is 2.28. The van der Waals surface area contributed by atoms with Crippen LogP contribution in [0.2, 0.25) is 0 Å². The molecule has 228 valence electrons. The second-order valence-electron chi connectivity index (χ2n) is 11.1. The second-order valence-corrected chi connectivity index (χ2v) is 11.1. The van der Waals surface area contributed by atoms with Crippen molar-refractivity contribution in [2.75, 3.05) is 0 Å². The number of nitrogens with one attached hydrogen (secondary N) is 3. The highest BCUT2D eigenvalue weighted by Crippen LogP contribution is 2.33. The summed E-state index contributed by atoms with van der Waals surface area (Å²) in [6.07, 6.45) is 7.51. The molecule has 1 amide bonds. The van der Waals surface area contributed by atoms with Crippen LogP contribution in [0, 0.1) is 19.8 Å². The highest BCUT2D eigenvalue weighted by atomic mass is 16.4. The lowest BCUT2D eigenvalue weighted by molar-refractivity contribution is -0.138. The number of allylic oxidation sites excluding steroid dienone is 3. The van der Waals surface area contributed by atoms with Gasteiger partial charge in [0, 0.05) is 52.0 Å². The van der Waals surface area contributed by atoms with E-state index in [2.05, 4.69) is 15.3 Å². The molecule has 0 spiro atoms. The number of aliphatic imine (C=N–C) groups is 1. The van der Waals surface area contributed by atoms with Crippen LogP contribution in [-0.2, 0) is 27.2 Å². The van der Waals surface area contributed by atoms with Gasteiger partial charge in [-0.1, -0.05) is 13.8 Å². The molecule has 0 aromatic carbocycles. The molecule has 0 fully saturated rings. The topological polar surface area (TPSA) is 168 Å². The van der Waals surface area contributed by atoms with Crippen molar-refractivity contribution in [3.8, 4) is 5.88 Å². The van der Waals surface area contributed by atoms with E-state index in [4.69, 9.17) is 4.99 Å². The zero-order chi connectivity index (χ0) is 31.6. The van der Waals surface area contributed by atoms with E-state index in [1.165, 1.54) is 0 Å². The second kappa shape index (κ2) is 12.7. The number of carboxylic acid groups (broad SMARTS) is 2. The van der Waals surface area contributed by atoms with Crippen molar-refractivity contribution in [3.63, 3.8) is 0 Å². The van der Waals surface area contributed by atoms with Crippen molar-refractivity contribution in [2.45, 2.75) is 80.1 Å². The summed E-state index contributed by atoms with van der Waals surface area (Å²) in [5.74, 6) is -2.09. The van der Waals surface area contributed by atoms with Gasteiger partial charge >= 0.3 is 11.9 Å². The molecule has 2 aromatic heterocycles.